The molecule has 0 aromatic heterocycles. The van der Waals surface area contributed by atoms with E-state index in [-0.39, 0.29) is 0 Å². The van der Waals surface area contributed by atoms with Crippen molar-refractivity contribution >= 4 is 13.3 Å². The van der Waals surface area contributed by atoms with Gasteiger partial charge in [0.1, 0.15) is 0 Å². The van der Waals surface area contributed by atoms with E-state index < -0.39 is 13.4 Å². The highest BCUT2D eigenvalue weighted by Gasteiger charge is 2.30. The Morgan fingerprint density at radius 2 is 1.58 bits per heavy atom. The standard InChI is InChI=1S/C14H16NO3P/c1-11-7-9-13(10-8-11)15-14(19(16,17)18)12-5-3-2-4-6-12/h2-10,14-15H,1H3,(H2,16,17,18)/t14-/m1/s1. The Labute approximate surface area is 112 Å². The molecule has 2 aromatic rings. The first-order valence-electron chi connectivity index (χ1n) is 5.90. The van der Waals surface area contributed by atoms with Crippen molar-refractivity contribution in [3.63, 3.8) is 0 Å². The first-order chi connectivity index (χ1) is 8.97. The highest BCUT2D eigenvalue weighted by molar-refractivity contribution is 7.52. The minimum Gasteiger partial charge on any atom is -0.368 e. The lowest BCUT2D eigenvalue weighted by Crippen LogP contribution is -2.11. The van der Waals surface area contributed by atoms with Crippen LogP contribution in [-0.4, -0.2) is 9.79 Å². The maximum Gasteiger partial charge on any atom is 0.352 e. The molecular formula is C14H16NO3P. The quantitative estimate of drug-likeness (QED) is 0.750. The Morgan fingerprint density at radius 3 is 2.11 bits per heavy atom. The maximum absolute atomic E-state index is 11.6. The molecule has 0 aliphatic carbocycles. The van der Waals surface area contributed by atoms with E-state index in [2.05, 4.69) is 5.32 Å². The summed E-state index contributed by atoms with van der Waals surface area (Å²) in [5.74, 6) is -1.03. The molecule has 100 valence electrons. The van der Waals surface area contributed by atoms with Gasteiger partial charge in [-0.15, -0.1) is 0 Å². The van der Waals surface area contributed by atoms with E-state index in [0.717, 1.165) is 5.56 Å². The van der Waals surface area contributed by atoms with Crippen molar-refractivity contribution in [3.8, 4) is 0 Å². The van der Waals surface area contributed by atoms with Gasteiger partial charge in [-0.1, -0.05) is 48.0 Å². The van der Waals surface area contributed by atoms with Gasteiger partial charge in [-0.3, -0.25) is 4.57 Å². The van der Waals surface area contributed by atoms with Crippen LogP contribution in [0.25, 0.3) is 0 Å². The number of hydrogen-bond acceptors (Lipinski definition) is 2. The largest absolute Gasteiger partial charge is 0.368 e. The molecule has 2 rings (SSSR count). The highest BCUT2D eigenvalue weighted by atomic mass is 31.2. The van der Waals surface area contributed by atoms with Crippen molar-refractivity contribution in [2.75, 3.05) is 5.32 Å². The van der Waals surface area contributed by atoms with Crippen LogP contribution in [-0.2, 0) is 4.57 Å². The fraction of sp³-hybridized carbons (Fsp3) is 0.143. The van der Waals surface area contributed by atoms with Gasteiger partial charge in [-0.05, 0) is 24.6 Å². The van der Waals surface area contributed by atoms with Gasteiger partial charge in [-0.25, -0.2) is 0 Å². The molecule has 2 aromatic carbocycles. The van der Waals surface area contributed by atoms with Crippen molar-refractivity contribution in [3.05, 3.63) is 65.7 Å². The van der Waals surface area contributed by atoms with E-state index in [1.807, 2.05) is 25.1 Å². The van der Waals surface area contributed by atoms with Crippen LogP contribution in [0.2, 0.25) is 0 Å². The second kappa shape index (κ2) is 5.57. The fourth-order valence-electron chi connectivity index (χ4n) is 1.80. The van der Waals surface area contributed by atoms with Gasteiger partial charge in [0.15, 0.2) is 5.78 Å². The summed E-state index contributed by atoms with van der Waals surface area (Å²) < 4.78 is 11.6. The second-order valence-corrected chi connectivity index (χ2v) is 6.11. The first kappa shape index (κ1) is 13.8. The summed E-state index contributed by atoms with van der Waals surface area (Å²) in [7, 11) is -4.29. The van der Waals surface area contributed by atoms with Crippen LogP contribution < -0.4 is 5.32 Å². The summed E-state index contributed by atoms with van der Waals surface area (Å²) in [6.07, 6.45) is 0. The monoisotopic (exact) mass is 277 g/mol. The van der Waals surface area contributed by atoms with Crippen molar-refractivity contribution < 1.29 is 14.4 Å². The van der Waals surface area contributed by atoms with Crippen LogP contribution in [0.5, 0.6) is 0 Å². The Kier molecular flexibility index (Phi) is 4.05. The van der Waals surface area contributed by atoms with Crippen LogP contribution in [0.15, 0.2) is 54.6 Å². The molecule has 0 amide bonds. The fourth-order valence-corrected chi connectivity index (χ4v) is 2.68. The summed E-state index contributed by atoms with van der Waals surface area (Å²) in [5, 5.41) is 2.90. The zero-order chi connectivity index (χ0) is 13.9. The van der Waals surface area contributed by atoms with E-state index in [0.29, 0.717) is 11.3 Å². The predicted molar refractivity (Wildman–Crippen MR) is 76.0 cm³/mol. The summed E-state index contributed by atoms with van der Waals surface area (Å²) in [4.78, 5) is 19.0. The van der Waals surface area contributed by atoms with Crippen LogP contribution in [0.4, 0.5) is 5.69 Å². The lowest BCUT2D eigenvalue weighted by molar-refractivity contribution is 0.363. The summed E-state index contributed by atoms with van der Waals surface area (Å²) in [6, 6.07) is 16.1. The smallest absolute Gasteiger partial charge is 0.352 e. The van der Waals surface area contributed by atoms with Gasteiger partial charge in [0, 0.05) is 5.69 Å². The van der Waals surface area contributed by atoms with Crippen molar-refractivity contribution in [2.24, 2.45) is 0 Å². The molecule has 1 atom stereocenters. The molecule has 3 N–H and O–H groups in total. The van der Waals surface area contributed by atoms with E-state index >= 15 is 0 Å². The van der Waals surface area contributed by atoms with Gasteiger partial charge < -0.3 is 15.1 Å². The number of anilines is 1. The minimum absolute atomic E-state index is 0.566. The van der Waals surface area contributed by atoms with E-state index in [1.54, 1.807) is 36.4 Å². The molecular weight excluding hydrogens is 261 g/mol. The van der Waals surface area contributed by atoms with Crippen LogP contribution in [0.1, 0.15) is 16.9 Å². The summed E-state index contributed by atoms with van der Waals surface area (Å²) in [6.45, 7) is 1.96. The summed E-state index contributed by atoms with van der Waals surface area (Å²) in [5.41, 5.74) is 2.34. The molecule has 0 radical (unpaired) electrons. The second-order valence-electron chi connectivity index (χ2n) is 4.41. The average Bonchev–Trinajstić information content (AvgIpc) is 2.37. The third-order valence-corrected chi connectivity index (χ3v) is 3.91. The first-order valence-corrected chi connectivity index (χ1v) is 7.58. The van der Waals surface area contributed by atoms with Gasteiger partial charge in [0.2, 0.25) is 0 Å². The Balaban J connectivity index is 2.30. The Hall–Kier alpha value is -1.61. The predicted octanol–water partition coefficient (Wildman–Crippen LogP) is 3.28. The van der Waals surface area contributed by atoms with Gasteiger partial charge >= 0.3 is 7.60 Å². The van der Waals surface area contributed by atoms with Crippen LogP contribution in [0.3, 0.4) is 0 Å². The molecule has 5 heteroatoms. The number of rotatable bonds is 4. The number of hydrogen-bond donors (Lipinski definition) is 3. The zero-order valence-electron chi connectivity index (χ0n) is 10.5. The molecule has 0 bridgehead atoms. The number of aryl methyl sites for hydroxylation is 1. The summed E-state index contributed by atoms with van der Waals surface area (Å²) >= 11 is 0. The lowest BCUT2D eigenvalue weighted by Gasteiger charge is -2.21. The molecule has 0 unspecified atom stereocenters. The molecule has 0 spiro atoms. The number of nitrogens with one attached hydrogen (secondary N) is 1. The molecule has 0 heterocycles. The van der Waals surface area contributed by atoms with Gasteiger partial charge in [-0.2, -0.15) is 0 Å². The molecule has 4 nitrogen and oxygen atoms in total. The van der Waals surface area contributed by atoms with Gasteiger partial charge in [0.05, 0.1) is 0 Å². The zero-order valence-corrected chi connectivity index (χ0v) is 11.4. The Bertz CT molecular complexity index is 577. The van der Waals surface area contributed by atoms with Crippen molar-refractivity contribution in [1.82, 2.24) is 0 Å². The lowest BCUT2D eigenvalue weighted by atomic mass is 10.2. The minimum atomic E-state index is -4.29. The average molecular weight is 277 g/mol. The van der Waals surface area contributed by atoms with Crippen molar-refractivity contribution in [1.29, 1.82) is 0 Å². The molecule has 0 aliphatic heterocycles. The van der Waals surface area contributed by atoms with E-state index in [1.165, 1.54) is 0 Å². The Morgan fingerprint density at radius 1 is 1.00 bits per heavy atom. The highest BCUT2D eigenvalue weighted by Crippen LogP contribution is 2.51. The molecule has 0 fully saturated rings. The number of benzene rings is 2. The van der Waals surface area contributed by atoms with E-state index in [4.69, 9.17) is 0 Å². The van der Waals surface area contributed by atoms with Crippen molar-refractivity contribution in [2.45, 2.75) is 12.7 Å². The molecule has 19 heavy (non-hydrogen) atoms. The molecule has 0 saturated heterocycles. The van der Waals surface area contributed by atoms with Crippen LogP contribution in [0, 0.1) is 6.92 Å². The third-order valence-electron chi connectivity index (χ3n) is 2.81. The maximum atomic E-state index is 11.6. The molecule has 0 aliphatic rings. The van der Waals surface area contributed by atoms with Crippen LogP contribution >= 0.6 is 7.60 Å². The SMILES string of the molecule is Cc1ccc(N[C@@H](c2ccccc2)P(=O)(O)O)cc1. The third kappa shape index (κ3) is 3.67. The topological polar surface area (TPSA) is 69.6 Å². The van der Waals surface area contributed by atoms with E-state index in [9.17, 15) is 14.4 Å². The normalized spacial score (nSPS) is 13.0. The van der Waals surface area contributed by atoms with Gasteiger partial charge in [0.25, 0.3) is 0 Å². The molecule has 0 saturated carbocycles.